The fourth-order valence-corrected chi connectivity index (χ4v) is 4.63. The van der Waals surface area contributed by atoms with E-state index in [0.29, 0.717) is 19.0 Å². The third-order valence-electron chi connectivity index (χ3n) is 5.24. The molecule has 0 saturated heterocycles. The lowest BCUT2D eigenvalue weighted by molar-refractivity contribution is 0.0352. The van der Waals surface area contributed by atoms with Crippen molar-refractivity contribution in [2.24, 2.45) is 11.3 Å². The predicted octanol–water partition coefficient (Wildman–Crippen LogP) is 2.16. The number of nitrogens with one attached hydrogen (secondary N) is 1. The summed E-state index contributed by atoms with van der Waals surface area (Å²) in [6.07, 6.45) is 3.21. The van der Waals surface area contributed by atoms with Crippen LogP contribution in [0.5, 0.6) is 0 Å². The van der Waals surface area contributed by atoms with Gasteiger partial charge in [-0.05, 0) is 44.4 Å². The van der Waals surface area contributed by atoms with Gasteiger partial charge in [0, 0.05) is 23.3 Å². The second kappa shape index (κ2) is 6.91. The van der Waals surface area contributed by atoms with Crippen LogP contribution in [-0.4, -0.2) is 38.7 Å². The van der Waals surface area contributed by atoms with Gasteiger partial charge in [0.2, 0.25) is 0 Å². The minimum atomic E-state index is -0.209. The molecule has 0 amide bonds. The molecule has 0 radical (unpaired) electrons. The van der Waals surface area contributed by atoms with E-state index in [1.165, 1.54) is 12.0 Å². The molecule has 2 unspecified atom stereocenters. The number of nitrogens with zero attached hydrogens (tertiary/aromatic N) is 2. The van der Waals surface area contributed by atoms with Crippen LogP contribution in [0.4, 0.5) is 0 Å². The molecule has 1 aliphatic rings. The van der Waals surface area contributed by atoms with E-state index in [1.807, 2.05) is 18.5 Å². The van der Waals surface area contributed by atoms with Crippen molar-refractivity contribution < 1.29 is 10.2 Å². The van der Waals surface area contributed by atoms with Crippen molar-refractivity contribution in [3.63, 3.8) is 0 Å². The van der Waals surface area contributed by atoms with Crippen LogP contribution in [0.3, 0.4) is 0 Å². The van der Waals surface area contributed by atoms with Gasteiger partial charge >= 0.3 is 0 Å². The van der Waals surface area contributed by atoms with Crippen molar-refractivity contribution in [1.29, 1.82) is 0 Å². The largest absolute Gasteiger partial charge is 0.394 e. The first-order chi connectivity index (χ1) is 10.7. The zero-order valence-electron chi connectivity index (χ0n) is 15.3. The molecule has 5 nitrogen and oxygen atoms in total. The Balaban J connectivity index is 2.15. The summed E-state index contributed by atoms with van der Waals surface area (Å²) in [4.78, 5) is 0. The zero-order valence-corrected chi connectivity index (χ0v) is 15.3. The normalized spacial score (nSPS) is 27.3. The van der Waals surface area contributed by atoms with Gasteiger partial charge in [-0.1, -0.05) is 20.8 Å². The number of hydrogen-bond acceptors (Lipinski definition) is 4. The summed E-state index contributed by atoms with van der Waals surface area (Å²) in [5.74, 6) is 0.609. The molecule has 1 aliphatic carbocycles. The highest BCUT2D eigenvalue weighted by Gasteiger charge is 2.42. The van der Waals surface area contributed by atoms with E-state index in [0.717, 1.165) is 24.2 Å². The van der Waals surface area contributed by atoms with Crippen LogP contribution in [0, 0.1) is 25.2 Å². The highest BCUT2D eigenvalue weighted by Crippen LogP contribution is 2.43. The second-order valence-corrected chi connectivity index (χ2v) is 8.24. The number of aliphatic hydroxyl groups excluding tert-OH is 2. The Morgan fingerprint density at radius 2 is 1.96 bits per heavy atom. The number of rotatable bonds is 6. The molecule has 0 aliphatic heterocycles. The van der Waals surface area contributed by atoms with Crippen LogP contribution < -0.4 is 5.32 Å². The lowest BCUT2D eigenvalue weighted by Gasteiger charge is -2.47. The highest BCUT2D eigenvalue weighted by molar-refractivity contribution is 5.24. The van der Waals surface area contributed by atoms with Crippen molar-refractivity contribution in [2.45, 2.75) is 72.5 Å². The van der Waals surface area contributed by atoms with Gasteiger partial charge in [0.15, 0.2) is 0 Å². The van der Waals surface area contributed by atoms with Crippen molar-refractivity contribution in [1.82, 2.24) is 15.1 Å². The average molecular weight is 323 g/mol. The van der Waals surface area contributed by atoms with Gasteiger partial charge in [-0.2, -0.15) is 5.10 Å². The molecule has 5 heteroatoms. The summed E-state index contributed by atoms with van der Waals surface area (Å²) in [6, 6.07) is 0. The number of aryl methyl sites for hydroxylation is 1. The van der Waals surface area contributed by atoms with E-state index in [-0.39, 0.29) is 24.2 Å². The molecule has 3 N–H and O–H groups in total. The SMILES string of the molecule is Cc1nn(CCO)c(C)c1CNC1(CO)CC(C)CC(C)(C)C1. The lowest BCUT2D eigenvalue weighted by atomic mass is 9.64. The molecule has 0 aromatic carbocycles. The van der Waals surface area contributed by atoms with Crippen LogP contribution in [0.2, 0.25) is 0 Å². The number of hydrogen-bond donors (Lipinski definition) is 3. The molecule has 1 heterocycles. The first-order valence-corrected chi connectivity index (χ1v) is 8.71. The smallest absolute Gasteiger partial charge is 0.0644 e. The third kappa shape index (κ3) is 4.14. The Morgan fingerprint density at radius 3 is 2.52 bits per heavy atom. The molecule has 132 valence electrons. The van der Waals surface area contributed by atoms with Gasteiger partial charge in [-0.15, -0.1) is 0 Å². The quantitative estimate of drug-likeness (QED) is 0.750. The Labute approximate surface area is 140 Å². The topological polar surface area (TPSA) is 70.3 Å². The monoisotopic (exact) mass is 323 g/mol. The molecule has 1 aromatic heterocycles. The van der Waals surface area contributed by atoms with Crippen molar-refractivity contribution in [3.8, 4) is 0 Å². The van der Waals surface area contributed by atoms with E-state index >= 15 is 0 Å². The molecule has 2 atom stereocenters. The van der Waals surface area contributed by atoms with E-state index in [4.69, 9.17) is 5.11 Å². The van der Waals surface area contributed by atoms with E-state index < -0.39 is 0 Å². The molecular weight excluding hydrogens is 290 g/mol. The fraction of sp³-hybridized carbons (Fsp3) is 0.833. The number of aromatic nitrogens is 2. The zero-order chi connectivity index (χ0) is 17.3. The predicted molar refractivity (Wildman–Crippen MR) is 92.2 cm³/mol. The van der Waals surface area contributed by atoms with E-state index in [1.54, 1.807) is 0 Å². The molecule has 1 saturated carbocycles. The van der Waals surface area contributed by atoms with Crippen LogP contribution in [0.15, 0.2) is 0 Å². The van der Waals surface area contributed by atoms with Gasteiger partial charge < -0.3 is 15.5 Å². The minimum absolute atomic E-state index is 0.0983. The summed E-state index contributed by atoms with van der Waals surface area (Å²) < 4.78 is 1.87. The second-order valence-electron chi connectivity index (χ2n) is 8.24. The van der Waals surface area contributed by atoms with E-state index in [9.17, 15) is 5.11 Å². The van der Waals surface area contributed by atoms with Gasteiger partial charge in [-0.3, -0.25) is 4.68 Å². The van der Waals surface area contributed by atoms with Crippen molar-refractivity contribution in [3.05, 3.63) is 17.0 Å². The molecule has 0 spiro atoms. The van der Waals surface area contributed by atoms with Crippen molar-refractivity contribution in [2.75, 3.05) is 13.2 Å². The standard InChI is InChI=1S/C18H33N3O2/c1-13-8-17(4,5)11-18(9-13,12-23)19-10-16-14(2)20-21(6-7-22)15(16)3/h13,19,22-23H,6-12H2,1-5H3. The van der Waals surface area contributed by atoms with Gasteiger partial charge in [0.05, 0.1) is 25.5 Å². The van der Waals surface area contributed by atoms with Crippen LogP contribution >= 0.6 is 0 Å². The Morgan fingerprint density at radius 1 is 1.26 bits per heavy atom. The Hall–Kier alpha value is -0.910. The number of aliphatic hydroxyl groups is 2. The van der Waals surface area contributed by atoms with Crippen molar-refractivity contribution >= 4 is 0 Å². The first kappa shape index (κ1) is 18.4. The maximum absolute atomic E-state index is 10.1. The van der Waals surface area contributed by atoms with Gasteiger partial charge in [0.1, 0.15) is 0 Å². The van der Waals surface area contributed by atoms with E-state index in [2.05, 4.69) is 31.2 Å². The summed E-state index contributed by atoms with van der Waals surface area (Å²) >= 11 is 0. The summed E-state index contributed by atoms with van der Waals surface area (Å²) in [5.41, 5.74) is 3.32. The van der Waals surface area contributed by atoms with Crippen LogP contribution in [0.25, 0.3) is 0 Å². The molecular formula is C18H33N3O2. The third-order valence-corrected chi connectivity index (χ3v) is 5.24. The lowest BCUT2D eigenvalue weighted by Crippen LogP contribution is -2.54. The molecule has 23 heavy (non-hydrogen) atoms. The maximum atomic E-state index is 10.1. The average Bonchev–Trinajstić information content (AvgIpc) is 2.70. The van der Waals surface area contributed by atoms with Crippen LogP contribution in [0.1, 0.15) is 57.0 Å². The fourth-order valence-electron chi connectivity index (χ4n) is 4.63. The summed E-state index contributed by atoms with van der Waals surface area (Å²) in [6.45, 7) is 12.4. The molecule has 1 aromatic rings. The Kier molecular flexibility index (Phi) is 5.54. The minimum Gasteiger partial charge on any atom is -0.394 e. The first-order valence-electron chi connectivity index (χ1n) is 8.71. The summed E-state index contributed by atoms with van der Waals surface area (Å²) in [7, 11) is 0. The maximum Gasteiger partial charge on any atom is 0.0644 e. The molecule has 2 rings (SSSR count). The summed E-state index contributed by atoms with van der Waals surface area (Å²) in [5, 5.41) is 27.4. The highest BCUT2D eigenvalue weighted by atomic mass is 16.3. The van der Waals surface area contributed by atoms with Crippen LogP contribution in [-0.2, 0) is 13.1 Å². The molecule has 1 fully saturated rings. The Bertz CT molecular complexity index is 539. The van der Waals surface area contributed by atoms with Gasteiger partial charge in [0.25, 0.3) is 0 Å². The van der Waals surface area contributed by atoms with Gasteiger partial charge in [-0.25, -0.2) is 0 Å². The molecule has 0 bridgehead atoms.